The second-order valence-corrected chi connectivity index (χ2v) is 13.6. The van der Waals surface area contributed by atoms with Crippen LogP contribution in [0.15, 0.2) is 78.6 Å². The van der Waals surface area contributed by atoms with Crippen LogP contribution in [0.5, 0.6) is 11.5 Å². The Labute approximate surface area is 304 Å². The third-order valence-corrected chi connectivity index (χ3v) is 9.29. The first-order valence-electron chi connectivity index (χ1n) is 14.7. The molecule has 0 unspecified atom stereocenters. The number of ether oxygens (including phenoxy) is 2. The Kier molecular flexibility index (Phi) is 17.1. The maximum Gasteiger partial charge on any atom is 0.244 e. The van der Waals surface area contributed by atoms with Crippen LogP contribution in [0, 0.1) is 0 Å². The number of nitrogens with one attached hydrogen (secondary N) is 4. The lowest BCUT2D eigenvalue weighted by Gasteiger charge is -2.09. The van der Waals surface area contributed by atoms with E-state index in [0.717, 1.165) is 68.0 Å². The fourth-order valence-corrected chi connectivity index (χ4v) is 6.85. The molecule has 0 heterocycles. The Morgan fingerprint density at radius 3 is 1.48 bits per heavy atom. The van der Waals surface area contributed by atoms with E-state index >= 15 is 0 Å². The largest absolute Gasteiger partial charge is 0.496 e. The van der Waals surface area contributed by atoms with Crippen LogP contribution in [-0.2, 0) is 22.7 Å². The van der Waals surface area contributed by atoms with E-state index in [1.54, 1.807) is 26.4 Å². The predicted molar refractivity (Wildman–Crippen MR) is 200 cm³/mol. The van der Waals surface area contributed by atoms with Crippen LogP contribution in [0.2, 0.25) is 0 Å². The third kappa shape index (κ3) is 13.3. The number of hydrogen-bond acceptors (Lipinski definition) is 6. The minimum atomic E-state index is -0.139. The van der Waals surface area contributed by atoms with E-state index < -0.39 is 0 Å². The van der Waals surface area contributed by atoms with Crippen molar-refractivity contribution in [2.24, 2.45) is 0 Å². The molecular weight excluding hydrogens is 848 g/mol. The van der Waals surface area contributed by atoms with Gasteiger partial charge < -0.3 is 30.7 Å². The van der Waals surface area contributed by atoms with Crippen molar-refractivity contribution in [3.63, 3.8) is 0 Å². The second kappa shape index (κ2) is 20.7. The van der Waals surface area contributed by atoms with Gasteiger partial charge in [0.05, 0.1) is 23.2 Å². The van der Waals surface area contributed by atoms with Crippen LogP contribution in [0.25, 0.3) is 12.2 Å². The van der Waals surface area contributed by atoms with Crippen molar-refractivity contribution in [1.29, 1.82) is 0 Å². The molecule has 3 aromatic rings. The van der Waals surface area contributed by atoms with E-state index in [0.29, 0.717) is 24.6 Å². The zero-order valence-corrected chi connectivity index (χ0v) is 32.1. The van der Waals surface area contributed by atoms with Gasteiger partial charge in [0, 0.05) is 47.3 Å². The van der Waals surface area contributed by atoms with Crippen molar-refractivity contribution in [3.05, 3.63) is 101 Å². The summed E-state index contributed by atoms with van der Waals surface area (Å²) in [4.78, 5) is 24.4. The van der Waals surface area contributed by atoms with Gasteiger partial charge >= 0.3 is 0 Å². The summed E-state index contributed by atoms with van der Waals surface area (Å²) in [6.07, 6.45) is 8.21. The molecule has 0 saturated heterocycles. The average Bonchev–Trinajstić information content (AvgIpc) is 3.03. The first-order valence-corrected chi connectivity index (χ1v) is 17.8. The van der Waals surface area contributed by atoms with Gasteiger partial charge in [-0.05, 0) is 116 Å². The molecule has 0 bridgehead atoms. The van der Waals surface area contributed by atoms with Crippen LogP contribution < -0.4 is 30.7 Å². The molecule has 2 amide bonds. The zero-order chi connectivity index (χ0) is 33.3. The molecule has 3 aromatic carbocycles. The molecule has 46 heavy (non-hydrogen) atoms. The molecule has 0 aliphatic carbocycles. The number of methoxy groups -OCH3 is 2. The minimum absolute atomic E-state index is 0.139. The monoisotopic (exact) mass is 882 g/mol. The maximum atomic E-state index is 12.2. The van der Waals surface area contributed by atoms with Gasteiger partial charge in [-0.1, -0.05) is 56.1 Å². The molecule has 3 rings (SSSR count). The van der Waals surface area contributed by atoms with Crippen molar-refractivity contribution < 1.29 is 19.1 Å². The van der Waals surface area contributed by atoms with Gasteiger partial charge in [-0.3, -0.25) is 9.59 Å². The van der Waals surface area contributed by atoms with E-state index in [-0.39, 0.29) is 11.8 Å². The van der Waals surface area contributed by atoms with Gasteiger partial charge in [-0.15, -0.1) is 0 Å². The third-order valence-electron chi connectivity index (χ3n) is 6.68. The molecule has 4 N–H and O–H groups in total. The quantitative estimate of drug-likeness (QED) is 0.0787. The SMILES string of the molecule is COc1cc(/C=C\C(=O)NCCCNCc2cccc(CNCCCNC(=O)/C=C\c3cc(OC)c(Br)cc3Br)c2)c(Br)cc1Br. The molecular formula is C34H38Br4N4O4. The van der Waals surface area contributed by atoms with Crippen LogP contribution in [0.4, 0.5) is 0 Å². The second-order valence-electron chi connectivity index (χ2n) is 10.1. The number of carbonyl (C=O) groups is 2. The van der Waals surface area contributed by atoms with Crippen molar-refractivity contribution in [3.8, 4) is 11.5 Å². The van der Waals surface area contributed by atoms with Crippen molar-refractivity contribution in [2.75, 3.05) is 40.4 Å². The Bertz CT molecular complexity index is 1420. The summed E-state index contributed by atoms with van der Waals surface area (Å²) >= 11 is 13.9. The molecule has 0 atom stereocenters. The summed E-state index contributed by atoms with van der Waals surface area (Å²) in [7, 11) is 3.21. The highest BCUT2D eigenvalue weighted by molar-refractivity contribution is 9.11. The van der Waals surface area contributed by atoms with Gasteiger partial charge in [0.1, 0.15) is 11.5 Å². The average molecular weight is 886 g/mol. The number of benzene rings is 3. The number of rotatable bonds is 18. The molecule has 0 aliphatic heterocycles. The summed E-state index contributed by atoms with van der Waals surface area (Å²) in [6.45, 7) is 4.25. The molecule has 0 radical (unpaired) electrons. The highest BCUT2D eigenvalue weighted by atomic mass is 79.9. The summed E-state index contributed by atoms with van der Waals surface area (Å²) in [6, 6.07) is 16.0. The molecule has 8 nitrogen and oxygen atoms in total. The smallest absolute Gasteiger partial charge is 0.244 e. The summed E-state index contributed by atoms with van der Waals surface area (Å²) in [5.41, 5.74) is 4.12. The topological polar surface area (TPSA) is 101 Å². The first kappa shape index (κ1) is 38.0. The normalized spacial score (nSPS) is 11.3. The molecule has 0 spiro atoms. The van der Waals surface area contributed by atoms with E-state index in [1.807, 2.05) is 24.3 Å². The molecule has 12 heteroatoms. The maximum absolute atomic E-state index is 12.2. The fraction of sp³-hybridized carbons (Fsp3) is 0.294. The highest BCUT2D eigenvalue weighted by Crippen LogP contribution is 2.33. The lowest BCUT2D eigenvalue weighted by atomic mass is 10.1. The Morgan fingerprint density at radius 1 is 0.630 bits per heavy atom. The highest BCUT2D eigenvalue weighted by Gasteiger charge is 2.07. The lowest BCUT2D eigenvalue weighted by Crippen LogP contribution is -2.26. The molecule has 246 valence electrons. The standard InChI is InChI=1S/C34H38Br4N4O4/c1-45-31-17-25(27(35)19-29(31)37)8-10-33(43)41-14-4-12-39-21-23-6-3-7-24(16-23)22-40-13-5-15-42-34(44)11-9-26-18-32(46-2)30(38)20-28(26)36/h3,6-11,16-20,39-40H,4-5,12-15,21-22H2,1-2H3,(H,41,43)(H,42,44)/b10-8-,11-9-. The van der Waals surface area contributed by atoms with Crippen LogP contribution >= 0.6 is 63.7 Å². The van der Waals surface area contributed by atoms with Crippen LogP contribution in [0.1, 0.15) is 35.1 Å². The summed E-state index contributed by atoms with van der Waals surface area (Å²) in [5.74, 6) is 1.12. The summed E-state index contributed by atoms with van der Waals surface area (Å²) in [5, 5.41) is 12.7. The molecule has 0 saturated carbocycles. The zero-order valence-electron chi connectivity index (χ0n) is 25.7. The van der Waals surface area contributed by atoms with E-state index in [2.05, 4.69) is 109 Å². The number of halogens is 4. The Balaban J connectivity index is 1.26. The number of carbonyl (C=O) groups excluding carboxylic acids is 2. The van der Waals surface area contributed by atoms with Crippen LogP contribution in [0.3, 0.4) is 0 Å². The van der Waals surface area contributed by atoms with Crippen molar-refractivity contribution in [1.82, 2.24) is 21.3 Å². The van der Waals surface area contributed by atoms with E-state index in [9.17, 15) is 9.59 Å². The molecule has 0 aliphatic rings. The Morgan fingerprint density at radius 2 is 1.07 bits per heavy atom. The van der Waals surface area contributed by atoms with Crippen LogP contribution in [-0.4, -0.2) is 52.2 Å². The summed E-state index contributed by atoms with van der Waals surface area (Å²) < 4.78 is 14.1. The van der Waals surface area contributed by atoms with E-state index in [4.69, 9.17) is 9.47 Å². The van der Waals surface area contributed by atoms with Gasteiger partial charge in [-0.25, -0.2) is 0 Å². The number of amides is 2. The Hall–Kier alpha value is -2.48. The van der Waals surface area contributed by atoms with Gasteiger partial charge in [0.25, 0.3) is 0 Å². The van der Waals surface area contributed by atoms with Crippen molar-refractivity contribution in [2.45, 2.75) is 25.9 Å². The minimum Gasteiger partial charge on any atom is -0.496 e. The van der Waals surface area contributed by atoms with Gasteiger partial charge in [0.2, 0.25) is 11.8 Å². The lowest BCUT2D eigenvalue weighted by molar-refractivity contribution is -0.117. The van der Waals surface area contributed by atoms with Gasteiger partial charge in [-0.2, -0.15) is 0 Å². The van der Waals surface area contributed by atoms with E-state index in [1.165, 1.54) is 23.3 Å². The first-order chi connectivity index (χ1) is 22.2. The van der Waals surface area contributed by atoms with Crippen molar-refractivity contribution >= 4 is 87.7 Å². The molecule has 0 aromatic heterocycles. The number of hydrogen-bond donors (Lipinski definition) is 4. The molecule has 0 fully saturated rings. The predicted octanol–water partition coefficient (Wildman–Crippen LogP) is 7.37. The fourth-order valence-electron chi connectivity index (χ4n) is 4.27. The van der Waals surface area contributed by atoms with Gasteiger partial charge in [0.15, 0.2) is 0 Å².